The number of hydrogen-bond acceptors (Lipinski definition) is 4. The third-order valence-electron chi connectivity index (χ3n) is 1.57. The standard InChI is InChI=1S/C7HClF5NO4S/c8-19(16,17)14-7(15)18-6-4(12)2(10)1(9)3(11)5(6)13/h(H,14,15). The highest BCUT2D eigenvalue weighted by Gasteiger charge is 2.29. The molecule has 12 heteroatoms. The Labute approximate surface area is 106 Å². The van der Waals surface area contributed by atoms with Gasteiger partial charge in [0.25, 0.3) is 0 Å². The first-order chi connectivity index (χ1) is 8.54. The number of carbonyl (C=O) groups is 1. The highest BCUT2D eigenvalue weighted by Crippen LogP contribution is 2.29. The third-order valence-corrected chi connectivity index (χ3v) is 2.21. The molecule has 0 fully saturated rings. The lowest BCUT2D eigenvalue weighted by Gasteiger charge is -2.08. The van der Waals surface area contributed by atoms with Gasteiger partial charge in [-0.2, -0.15) is 17.2 Å². The van der Waals surface area contributed by atoms with Gasteiger partial charge in [0.2, 0.25) is 34.8 Å². The van der Waals surface area contributed by atoms with Gasteiger partial charge in [-0.1, -0.05) is 0 Å². The van der Waals surface area contributed by atoms with E-state index in [1.807, 2.05) is 0 Å². The molecule has 0 bridgehead atoms. The van der Waals surface area contributed by atoms with E-state index in [9.17, 15) is 35.2 Å². The fraction of sp³-hybridized carbons (Fsp3) is 0. The number of benzene rings is 1. The van der Waals surface area contributed by atoms with Crippen molar-refractivity contribution in [2.24, 2.45) is 0 Å². The number of halogens is 6. The topological polar surface area (TPSA) is 72.5 Å². The second kappa shape index (κ2) is 5.17. The summed E-state index contributed by atoms with van der Waals surface area (Å²) >= 11 is 0. The molecule has 0 aromatic heterocycles. The molecule has 1 amide bonds. The van der Waals surface area contributed by atoms with Crippen molar-refractivity contribution in [1.29, 1.82) is 0 Å². The van der Waals surface area contributed by atoms with Gasteiger partial charge >= 0.3 is 15.3 Å². The number of amides is 1. The van der Waals surface area contributed by atoms with Crippen LogP contribution in [0, 0.1) is 29.1 Å². The Morgan fingerprint density at radius 1 is 0.947 bits per heavy atom. The van der Waals surface area contributed by atoms with E-state index >= 15 is 0 Å². The molecule has 0 aliphatic carbocycles. The normalized spacial score (nSPS) is 11.3. The van der Waals surface area contributed by atoms with Crippen LogP contribution in [-0.2, 0) is 9.24 Å². The molecule has 19 heavy (non-hydrogen) atoms. The van der Waals surface area contributed by atoms with Gasteiger partial charge in [-0.25, -0.2) is 22.7 Å². The Morgan fingerprint density at radius 3 is 1.68 bits per heavy atom. The van der Waals surface area contributed by atoms with Crippen LogP contribution in [0.1, 0.15) is 0 Å². The van der Waals surface area contributed by atoms with Crippen LogP contribution in [0.3, 0.4) is 0 Å². The minimum absolute atomic E-state index is 0.880. The van der Waals surface area contributed by atoms with E-state index in [0.717, 1.165) is 4.72 Å². The first-order valence-electron chi connectivity index (χ1n) is 4.00. The molecular formula is C7HClF5NO4S. The lowest BCUT2D eigenvalue weighted by Crippen LogP contribution is -2.30. The zero-order chi connectivity index (χ0) is 15.0. The summed E-state index contributed by atoms with van der Waals surface area (Å²) in [5.74, 6) is -14.1. The number of nitrogens with one attached hydrogen (secondary N) is 1. The summed E-state index contributed by atoms with van der Waals surface area (Å²) in [5, 5.41) is 0. The summed E-state index contributed by atoms with van der Waals surface area (Å²) in [5.41, 5.74) is 0. The summed E-state index contributed by atoms with van der Waals surface area (Å²) in [4.78, 5) is 10.8. The summed E-state index contributed by atoms with van der Waals surface area (Å²) in [6, 6.07) is 0. The van der Waals surface area contributed by atoms with Crippen molar-refractivity contribution >= 4 is 26.0 Å². The molecule has 0 radical (unpaired) electrons. The Morgan fingerprint density at radius 2 is 1.32 bits per heavy atom. The minimum Gasteiger partial charge on any atom is -0.403 e. The molecule has 0 unspecified atom stereocenters. The van der Waals surface area contributed by atoms with E-state index in [-0.39, 0.29) is 0 Å². The highest BCUT2D eigenvalue weighted by molar-refractivity contribution is 8.12. The SMILES string of the molecule is O=C(NS(=O)(=O)Cl)Oc1c(F)c(F)c(F)c(F)c1F. The number of carbonyl (C=O) groups excluding carboxylic acids is 1. The molecule has 1 N–H and O–H groups in total. The van der Waals surface area contributed by atoms with Crippen LogP contribution < -0.4 is 9.46 Å². The number of rotatable bonds is 2. The molecule has 0 heterocycles. The van der Waals surface area contributed by atoms with Crippen LogP contribution in [0.5, 0.6) is 5.75 Å². The van der Waals surface area contributed by atoms with E-state index < -0.39 is 50.2 Å². The summed E-state index contributed by atoms with van der Waals surface area (Å²) < 4.78 is 89.2. The van der Waals surface area contributed by atoms with Crippen LogP contribution >= 0.6 is 10.7 Å². The van der Waals surface area contributed by atoms with Gasteiger partial charge in [-0.05, 0) is 0 Å². The van der Waals surface area contributed by atoms with Gasteiger partial charge in [0.15, 0.2) is 0 Å². The Hall–Kier alpha value is -1.62. The largest absolute Gasteiger partial charge is 0.427 e. The van der Waals surface area contributed by atoms with Gasteiger partial charge in [0.05, 0.1) is 0 Å². The van der Waals surface area contributed by atoms with E-state index in [1.165, 1.54) is 0 Å². The van der Waals surface area contributed by atoms with Crippen LogP contribution in [0.2, 0.25) is 0 Å². The summed E-state index contributed by atoms with van der Waals surface area (Å²) in [6.07, 6.45) is -2.06. The van der Waals surface area contributed by atoms with Crippen molar-refractivity contribution in [3.63, 3.8) is 0 Å². The fourth-order valence-corrected chi connectivity index (χ4v) is 1.32. The van der Waals surface area contributed by atoms with E-state index in [4.69, 9.17) is 0 Å². The third kappa shape index (κ3) is 3.44. The molecular weight excluding hydrogens is 325 g/mol. The van der Waals surface area contributed by atoms with Gasteiger partial charge in [-0.3, -0.25) is 0 Å². The zero-order valence-corrected chi connectivity index (χ0v) is 9.88. The van der Waals surface area contributed by atoms with Crippen molar-refractivity contribution in [2.75, 3.05) is 0 Å². The molecule has 0 spiro atoms. The molecule has 0 aliphatic heterocycles. The van der Waals surface area contributed by atoms with Crippen molar-refractivity contribution < 1.29 is 39.9 Å². The second-order valence-corrected chi connectivity index (χ2v) is 5.13. The van der Waals surface area contributed by atoms with Crippen LogP contribution in [0.4, 0.5) is 26.7 Å². The van der Waals surface area contributed by atoms with E-state index in [0.29, 0.717) is 0 Å². The maximum Gasteiger partial charge on any atom is 0.427 e. The lowest BCUT2D eigenvalue weighted by molar-refractivity contribution is 0.199. The van der Waals surface area contributed by atoms with E-state index in [1.54, 1.807) is 0 Å². The molecule has 5 nitrogen and oxygen atoms in total. The van der Waals surface area contributed by atoms with Crippen molar-refractivity contribution in [3.05, 3.63) is 29.1 Å². The van der Waals surface area contributed by atoms with Crippen LogP contribution in [0.15, 0.2) is 0 Å². The molecule has 0 saturated carbocycles. The molecule has 0 aliphatic rings. The Kier molecular flexibility index (Phi) is 4.20. The molecule has 106 valence electrons. The average Bonchev–Trinajstić information content (AvgIpc) is 2.27. The van der Waals surface area contributed by atoms with Gasteiger partial charge in [0.1, 0.15) is 0 Å². The Balaban J connectivity index is 3.20. The smallest absolute Gasteiger partial charge is 0.403 e. The predicted octanol–water partition coefficient (Wildman–Crippen LogP) is 1.95. The minimum atomic E-state index is -4.66. The highest BCUT2D eigenvalue weighted by atomic mass is 35.7. The van der Waals surface area contributed by atoms with Crippen molar-refractivity contribution in [1.82, 2.24) is 4.72 Å². The van der Waals surface area contributed by atoms with Gasteiger partial charge in [0, 0.05) is 10.7 Å². The second-order valence-electron chi connectivity index (χ2n) is 2.83. The molecule has 1 rings (SSSR count). The maximum absolute atomic E-state index is 13.0. The maximum atomic E-state index is 13.0. The first-order valence-corrected chi connectivity index (χ1v) is 6.31. The van der Waals surface area contributed by atoms with Crippen LogP contribution in [-0.4, -0.2) is 14.5 Å². The summed E-state index contributed by atoms with van der Waals surface area (Å²) in [6.45, 7) is 0. The average molecular weight is 326 g/mol. The molecule has 0 saturated heterocycles. The fourth-order valence-electron chi connectivity index (χ4n) is 0.887. The summed E-state index contributed by atoms with van der Waals surface area (Å²) in [7, 11) is -0.130. The molecule has 1 aromatic rings. The molecule has 1 aromatic carbocycles. The zero-order valence-electron chi connectivity index (χ0n) is 8.31. The number of hydrogen-bond donors (Lipinski definition) is 1. The lowest BCUT2D eigenvalue weighted by atomic mass is 10.3. The monoisotopic (exact) mass is 325 g/mol. The van der Waals surface area contributed by atoms with Gasteiger partial charge in [-0.15, -0.1) is 0 Å². The van der Waals surface area contributed by atoms with Crippen LogP contribution in [0.25, 0.3) is 0 Å². The van der Waals surface area contributed by atoms with E-state index in [2.05, 4.69) is 15.4 Å². The Bertz CT molecular complexity index is 620. The van der Waals surface area contributed by atoms with Gasteiger partial charge < -0.3 is 4.74 Å². The predicted molar refractivity (Wildman–Crippen MR) is 50.2 cm³/mol. The van der Waals surface area contributed by atoms with Crippen molar-refractivity contribution in [3.8, 4) is 5.75 Å². The van der Waals surface area contributed by atoms with Crippen molar-refractivity contribution in [2.45, 2.75) is 0 Å². The molecule has 0 atom stereocenters. The first kappa shape index (κ1) is 15.4. The quantitative estimate of drug-likeness (QED) is 0.390. The number of ether oxygens (including phenoxy) is 1.